The highest BCUT2D eigenvalue weighted by molar-refractivity contribution is 7.98. The second kappa shape index (κ2) is 6.24. The van der Waals surface area contributed by atoms with E-state index in [-0.39, 0.29) is 5.56 Å². The number of ether oxygens (including phenoxy) is 1. The van der Waals surface area contributed by atoms with E-state index in [1.54, 1.807) is 31.0 Å². The van der Waals surface area contributed by atoms with Crippen LogP contribution in [0.1, 0.15) is 15.9 Å². The zero-order chi connectivity index (χ0) is 13.7. The minimum absolute atomic E-state index is 0.200. The molecule has 0 fully saturated rings. The van der Waals surface area contributed by atoms with Crippen LogP contribution in [0.4, 0.5) is 0 Å². The predicted molar refractivity (Wildman–Crippen MR) is 73.8 cm³/mol. The summed E-state index contributed by atoms with van der Waals surface area (Å²) in [6, 6.07) is 11.1. The Labute approximate surface area is 115 Å². The molecular weight excluding hydrogens is 262 g/mol. The first-order chi connectivity index (χ1) is 9.19. The maximum absolute atomic E-state index is 10.7. The first kappa shape index (κ1) is 13.4. The molecule has 19 heavy (non-hydrogen) atoms. The van der Waals surface area contributed by atoms with Crippen molar-refractivity contribution in [2.75, 3.05) is 7.11 Å². The molecule has 2 rings (SSSR count). The van der Waals surface area contributed by atoms with Gasteiger partial charge in [-0.3, -0.25) is 0 Å². The molecule has 0 bridgehead atoms. The summed E-state index contributed by atoms with van der Waals surface area (Å²) in [7, 11) is 1.64. The molecule has 0 aliphatic carbocycles. The van der Waals surface area contributed by atoms with Crippen LogP contribution in [-0.4, -0.2) is 23.2 Å². The van der Waals surface area contributed by atoms with Crippen LogP contribution in [0.2, 0.25) is 0 Å². The van der Waals surface area contributed by atoms with Gasteiger partial charge in [-0.05, 0) is 29.8 Å². The molecule has 1 aromatic heterocycles. The molecule has 1 N–H and O–H groups in total. The molecule has 0 radical (unpaired) electrons. The van der Waals surface area contributed by atoms with Crippen molar-refractivity contribution in [1.29, 1.82) is 0 Å². The van der Waals surface area contributed by atoms with Gasteiger partial charge in [-0.15, -0.1) is 11.8 Å². The Morgan fingerprint density at radius 3 is 2.84 bits per heavy atom. The number of aromatic nitrogens is 1. The molecule has 1 heterocycles. The molecular formula is C14H13NO3S. The van der Waals surface area contributed by atoms with Crippen molar-refractivity contribution in [2.45, 2.75) is 10.8 Å². The molecule has 0 saturated carbocycles. The largest absolute Gasteiger partial charge is 0.497 e. The number of pyridine rings is 1. The lowest BCUT2D eigenvalue weighted by molar-refractivity contribution is 0.0696. The van der Waals surface area contributed by atoms with E-state index in [1.807, 2.05) is 24.3 Å². The van der Waals surface area contributed by atoms with Crippen molar-refractivity contribution in [3.63, 3.8) is 0 Å². The highest BCUT2D eigenvalue weighted by Crippen LogP contribution is 2.23. The van der Waals surface area contributed by atoms with E-state index in [0.29, 0.717) is 0 Å². The summed E-state index contributed by atoms with van der Waals surface area (Å²) in [6.45, 7) is 0. The van der Waals surface area contributed by atoms with Gasteiger partial charge in [-0.25, -0.2) is 9.78 Å². The average molecular weight is 275 g/mol. The van der Waals surface area contributed by atoms with Crippen LogP contribution in [0.5, 0.6) is 5.75 Å². The number of benzene rings is 1. The van der Waals surface area contributed by atoms with E-state index in [0.717, 1.165) is 22.1 Å². The Balaban J connectivity index is 1.99. The Hall–Kier alpha value is -2.01. The maximum atomic E-state index is 10.7. The minimum Gasteiger partial charge on any atom is -0.497 e. The van der Waals surface area contributed by atoms with Gasteiger partial charge in [0.05, 0.1) is 17.7 Å². The van der Waals surface area contributed by atoms with Crippen LogP contribution in [0.15, 0.2) is 47.6 Å². The number of thioether (sulfide) groups is 1. The highest BCUT2D eigenvalue weighted by atomic mass is 32.2. The van der Waals surface area contributed by atoms with Gasteiger partial charge in [0.15, 0.2) is 0 Å². The van der Waals surface area contributed by atoms with E-state index < -0.39 is 5.97 Å². The van der Waals surface area contributed by atoms with E-state index in [9.17, 15) is 4.79 Å². The predicted octanol–water partition coefficient (Wildman–Crippen LogP) is 3.08. The van der Waals surface area contributed by atoms with Crippen molar-refractivity contribution < 1.29 is 14.6 Å². The summed E-state index contributed by atoms with van der Waals surface area (Å²) in [5.74, 6) is 0.625. The third-order valence-corrected chi connectivity index (χ3v) is 3.52. The van der Waals surface area contributed by atoms with Gasteiger partial charge >= 0.3 is 5.97 Å². The third-order valence-electron chi connectivity index (χ3n) is 2.50. The van der Waals surface area contributed by atoms with E-state index >= 15 is 0 Å². The zero-order valence-corrected chi connectivity index (χ0v) is 11.2. The lowest BCUT2D eigenvalue weighted by Gasteiger charge is -2.04. The van der Waals surface area contributed by atoms with Crippen molar-refractivity contribution >= 4 is 17.7 Å². The number of methoxy groups -OCH3 is 1. The fraction of sp³-hybridized carbons (Fsp3) is 0.143. The summed E-state index contributed by atoms with van der Waals surface area (Å²) in [5.41, 5.74) is 1.33. The van der Waals surface area contributed by atoms with Crippen LogP contribution < -0.4 is 4.74 Å². The quantitative estimate of drug-likeness (QED) is 0.850. The number of carbonyl (C=O) groups is 1. The molecule has 0 saturated heterocycles. The third kappa shape index (κ3) is 3.72. The molecule has 1 aromatic carbocycles. The lowest BCUT2D eigenvalue weighted by Crippen LogP contribution is -1.96. The molecule has 0 aliphatic heterocycles. The first-order valence-electron chi connectivity index (χ1n) is 5.64. The van der Waals surface area contributed by atoms with Gasteiger partial charge in [0.25, 0.3) is 0 Å². The molecule has 0 amide bonds. The highest BCUT2D eigenvalue weighted by Gasteiger charge is 2.04. The van der Waals surface area contributed by atoms with Crippen molar-refractivity contribution in [1.82, 2.24) is 4.98 Å². The van der Waals surface area contributed by atoms with Gasteiger partial charge in [-0.1, -0.05) is 12.1 Å². The van der Waals surface area contributed by atoms with Crippen LogP contribution in [-0.2, 0) is 5.75 Å². The standard InChI is InChI=1S/C14H13NO3S/c1-18-12-4-2-3-10(7-12)9-19-13-6-5-11(8-15-13)14(16)17/h2-8H,9H2,1H3,(H,16,17). The molecule has 4 nitrogen and oxygen atoms in total. The van der Waals surface area contributed by atoms with Crippen molar-refractivity contribution in [3.05, 3.63) is 53.7 Å². The van der Waals surface area contributed by atoms with Crippen molar-refractivity contribution in [3.8, 4) is 5.75 Å². The summed E-state index contributed by atoms with van der Waals surface area (Å²) in [4.78, 5) is 14.8. The molecule has 0 aliphatic rings. The second-order valence-electron chi connectivity index (χ2n) is 3.83. The molecule has 0 unspecified atom stereocenters. The maximum Gasteiger partial charge on any atom is 0.337 e. The summed E-state index contributed by atoms with van der Waals surface area (Å²) < 4.78 is 5.16. The summed E-state index contributed by atoms with van der Waals surface area (Å²) in [5, 5.41) is 9.58. The van der Waals surface area contributed by atoms with Gasteiger partial charge in [-0.2, -0.15) is 0 Å². The Kier molecular flexibility index (Phi) is 4.41. The second-order valence-corrected chi connectivity index (χ2v) is 4.83. The minimum atomic E-state index is -0.961. The average Bonchev–Trinajstić information content (AvgIpc) is 2.46. The fourth-order valence-corrected chi connectivity index (χ4v) is 2.30. The van der Waals surface area contributed by atoms with Crippen LogP contribution in [0.3, 0.4) is 0 Å². The van der Waals surface area contributed by atoms with Crippen LogP contribution in [0, 0.1) is 0 Å². The number of hydrogen-bond donors (Lipinski definition) is 1. The van der Waals surface area contributed by atoms with Gasteiger partial charge in [0.1, 0.15) is 5.75 Å². The van der Waals surface area contributed by atoms with Gasteiger partial charge in [0, 0.05) is 11.9 Å². The zero-order valence-electron chi connectivity index (χ0n) is 10.4. The number of carboxylic acid groups (broad SMARTS) is 1. The summed E-state index contributed by atoms with van der Waals surface area (Å²) >= 11 is 1.55. The van der Waals surface area contributed by atoms with Gasteiger partial charge in [0.2, 0.25) is 0 Å². The molecule has 98 valence electrons. The van der Waals surface area contributed by atoms with E-state index in [1.165, 1.54) is 6.20 Å². The van der Waals surface area contributed by atoms with Crippen LogP contribution in [0.25, 0.3) is 0 Å². The number of rotatable bonds is 5. The topological polar surface area (TPSA) is 59.4 Å². The SMILES string of the molecule is COc1cccc(CSc2ccc(C(=O)O)cn2)c1. The Bertz CT molecular complexity index is 569. The summed E-state index contributed by atoms with van der Waals surface area (Å²) in [6.07, 6.45) is 1.37. The molecule has 0 spiro atoms. The molecule has 0 atom stereocenters. The Morgan fingerprint density at radius 1 is 1.37 bits per heavy atom. The monoisotopic (exact) mass is 275 g/mol. The number of nitrogens with zero attached hydrogens (tertiary/aromatic N) is 1. The lowest BCUT2D eigenvalue weighted by atomic mass is 10.2. The van der Waals surface area contributed by atoms with Crippen LogP contribution >= 0.6 is 11.8 Å². The van der Waals surface area contributed by atoms with E-state index in [2.05, 4.69) is 4.98 Å². The molecule has 5 heteroatoms. The van der Waals surface area contributed by atoms with E-state index in [4.69, 9.17) is 9.84 Å². The normalized spacial score (nSPS) is 10.2. The van der Waals surface area contributed by atoms with Crippen molar-refractivity contribution in [2.24, 2.45) is 0 Å². The first-order valence-corrected chi connectivity index (χ1v) is 6.62. The fourth-order valence-electron chi connectivity index (χ4n) is 1.51. The number of aromatic carboxylic acids is 1. The Morgan fingerprint density at radius 2 is 2.21 bits per heavy atom. The number of hydrogen-bond acceptors (Lipinski definition) is 4. The smallest absolute Gasteiger partial charge is 0.337 e. The number of carboxylic acids is 1. The van der Waals surface area contributed by atoms with Gasteiger partial charge < -0.3 is 9.84 Å². The molecule has 2 aromatic rings.